The van der Waals surface area contributed by atoms with Crippen molar-refractivity contribution in [1.82, 2.24) is 4.98 Å². The molecule has 0 saturated heterocycles. The highest BCUT2D eigenvalue weighted by atomic mass is 32.1. The van der Waals surface area contributed by atoms with Crippen molar-refractivity contribution in [3.63, 3.8) is 0 Å². The third kappa shape index (κ3) is 2.71. The number of para-hydroxylation sites is 2. The monoisotopic (exact) mass is 267 g/mol. The van der Waals surface area contributed by atoms with E-state index in [9.17, 15) is 0 Å². The molecule has 3 aromatic rings. The number of hydrogen-bond donors (Lipinski definition) is 1. The maximum absolute atomic E-state index is 5.73. The number of aromatic nitrogens is 1. The van der Waals surface area contributed by atoms with Gasteiger partial charge in [0, 0.05) is 10.3 Å². The summed E-state index contributed by atoms with van der Waals surface area (Å²) in [5, 5.41) is 1.14. The molecule has 0 atom stereocenters. The largest absolute Gasteiger partial charge is 0.486 e. The first-order chi connectivity index (χ1) is 9.33. The van der Waals surface area contributed by atoms with Crippen molar-refractivity contribution in [2.45, 2.75) is 11.5 Å². The van der Waals surface area contributed by atoms with Gasteiger partial charge in [0.2, 0.25) is 0 Å². The summed E-state index contributed by atoms with van der Waals surface area (Å²) in [5.74, 6) is 0.779. The van der Waals surface area contributed by atoms with E-state index >= 15 is 0 Å². The zero-order valence-electron chi connectivity index (χ0n) is 10.3. The highest BCUT2D eigenvalue weighted by molar-refractivity contribution is 7.80. The summed E-state index contributed by atoms with van der Waals surface area (Å²) in [4.78, 5) is 5.41. The number of fused-ring (bicyclic) bond motifs is 1. The zero-order chi connectivity index (χ0) is 13.1. The van der Waals surface area contributed by atoms with Crippen LogP contribution in [0.15, 0.2) is 65.6 Å². The van der Waals surface area contributed by atoms with Gasteiger partial charge in [0.15, 0.2) is 0 Å². The summed E-state index contributed by atoms with van der Waals surface area (Å²) in [6.45, 7) is 0.447. The standard InChI is InChI=1S/C16H13NOS/c19-16-8-4-3-7-15(16)18-11-13-10-9-12-5-1-2-6-14(12)17-13/h1-10,19H,11H2. The topological polar surface area (TPSA) is 22.1 Å². The fourth-order valence-corrected chi connectivity index (χ4v) is 2.14. The Labute approximate surface area is 117 Å². The summed E-state index contributed by atoms with van der Waals surface area (Å²) < 4.78 is 5.73. The normalized spacial score (nSPS) is 10.6. The molecule has 0 spiro atoms. The lowest BCUT2D eigenvalue weighted by molar-refractivity contribution is 0.295. The fourth-order valence-electron chi connectivity index (χ4n) is 1.92. The minimum absolute atomic E-state index is 0.447. The molecule has 3 rings (SSSR count). The smallest absolute Gasteiger partial charge is 0.133 e. The van der Waals surface area contributed by atoms with Gasteiger partial charge in [0.1, 0.15) is 12.4 Å². The van der Waals surface area contributed by atoms with Crippen LogP contribution in [0.1, 0.15) is 5.69 Å². The van der Waals surface area contributed by atoms with Crippen LogP contribution in [0.2, 0.25) is 0 Å². The predicted octanol–water partition coefficient (Wildman–Crippen LogP) is 4.10. The number of benzene rings is 2. The summed E-state index contributed by atoms with van der Waals surface area (Å²) in [6, 6.07) is 19.8. The molecule has 3 heteroatoms. The second-order valence-electron chi connectivity index (χ2n) is 4.25. The van der Waals surface area contributed by atoms with E-state index in [2.05, 4.69) is 29.7 Å². The van der Waals surface area contributed by atoms with Gasteiger partial charge in [-0.1, -0.05) is 36.4 Å². The first-order valence-electron chi connectivity index (χ1n) is 6.08. The SMILES string of the molecule is Sc1ccccc1OCc1ccc2ccccc2n1. The number of hydrogen-bond acceptors (Lipinski definition) is 3. The Morgan fingerprint density at radius 3 is 2.58 bits per heavy atom. The lowest BCUT2D eigenvalue weighted by Crippen LogP contribution is -1.98. The van der Waals surface area contributed by atoms with Crippen molar-refractivity contribution in [3.05, 3.63) is 66.4 Å². The molecule has 1 aromatic heterocycles. The maximum Gasteiger partial charge on any atom is 0.133 e. The van der Waals surface area contributed by atoms with Gasteiger partial charge in [0.25, 0.3) is 0 Å². The Bertz CT molecular complexity index is 712. The van der Waals surface area contributed by atoms with Crippen LogP contribution in [-0.4, -0.2) is 4.98 Å². The van der Waals surface area contributed by atoms with E-state index in [1.54, 1.807) is 0 Å². The van der Waals surface area contributed by atoms with Crippen molar-refractivity contribution < 1.29 is 4.74 Å². The molecule has 0 aliphatic carbocycles. The van der Waals surface area contributed by atoms with Crippen LogP contribution in [0.4, 0.5) is 0 Å². The van der Waals surface area contributed by atoms with Crippen LogP contribution in [0.3, 0.4) is 0 Å². The Balaban J connectivity index is 1.80. The number of thiol groups is 1. The second-order valence-corrected chi connectivity index (χ2v) is 4.73. The molecular weight excluding hydrogens is 254 g/mol. The summed E-state index contributed by atoms with van der Waals surface area (Å²) in [7, 11) is 0. The molecule has 0 aliphatic heterocycles. The van der Waals surface area contributed by atoms with Crippen LogP contribution in [-0.2, 0) is 6.61 Å². The molecule has 0 unspecified atom stereocenters. The average molecular weight is 267 g/mol. The van der Waals surface area contributed by atoms with E-state index in [1.165, 1.54) is 0 Å². The van der Waals surface area contributed by atoms with Crippen molar-refractivity contribution in [1.29, 1.82) is 0 Å². The molecule has 1 heterocycles. The third-order valence-corrected chi connectivity index (χ3v) is 3.27. The summed E-state index contributed by atoms with van der Waals surface area (Å²) >= 11 is 4.36. The van der Waals surface area contributed by atoms with Crippen molar-refractivity contribution >= 4 is 23.5 Å². The van der Waals surface area contributed by atoms with E-state index in [4.69, 9.17) is 4.74 Å². The molecule has 0 fully saturated rings. The Kier molecular flexibility index (Phi) is 3.38. The Morgan fingerprint density at radius 1 is 0.895 bits per heavy atom. The molecule has 2 aromatic carbocycles. The molecule has 0 aliphatic rings. The number of rotatable bonds is 3. The van der Waals surface area contributed by atoms with Crippen molar-refractivity contribution in [2.75, 3.05) is 0 Å². The number of pyridine rings is 1. The van der Waals surface area contributed by atoms with Gasteiger partial charge in [-0.15, -0.1) is 12.6 Å². The highest BCUT2D eigenvalue weighted by Crippen LogP contribution is 2.22. The second kappa shape index (κ2) is 5.33. The van der Waals surface area contributed by atoms with Gasteiger partial charge >= 0.3 is 0 Å². The molecule has 94 valence electrons. The number of ether oxygens (including phenoxy) is 1. The molecule has 2 nitrogen and oxygen atoms in total. The quantitative estimate of drug-likeness (QED) is 0.722. The molecule has 0 radical (unpaired) electrons. The molecule has 0 bridgehead atoms. The van der Waals surface area contributed by atoms with Crippen LogP contribution in [0, 0.1) is 0 Å². The van der Waals surface area contributed by atoms with Crippen LogP contribution in [0.25, 0.3) is 10.9 Å². The molecule has 0 saturated carbocycles. The van der Waals surface area contributed by atoms with Crippen molar-refractivity contribution in [2.24, 2.45) is 0 Å². The van der Waals surface area contributed by atoms with Crippen LogP contribution >= 0.6 is 12.6 Å². The molecule has 0 N–H and O–H groups in total. The maximum atomic E-state index is 5.73. The van der Waals surface area contributed by atoms with E-state index in [0.29, 0.717) is 6.61 Å². The van der Waals surface area contributed by atoms with Gasteiger partial charge in [-0.2, -0.15) is 0 Å². The lowest BCUT2D eigenvalue weighted by Gasteiger charge is -2.08. The molecular formula is C16H13NOS. The predicted molar refractivity (Wildman–Crippen MR) is 79.8 cm³/mol. The lowest BCUT2D eigenvalue weighted by atomic mass is 10.2. The van der Waals surface area contributed by atoms with E-state index < -0.39 is 0 Å². The van der Waals surface area contributed by atoms with E-state index in [0.717, 1.165) is 27.2 Å². The minimum atomic E-state index is 0.447. The first kappa shape index (κ1) is 12.1. The van der Waals surface area contributed by atoms with E-state index in [-0.39, 0.29) is 0 Å². The fraction of sp³-hybridized carbons (Fsp3) is 0.0625. The van der Waals surface area contributed by atoms with Gasteiger partial charge in [-0.25, -0.2) is 4.98 Å². The first-order valence-corrected chi connectivity index (χ1v) is 6.53. The highest BCUT2D eigenvalue weighted by Gasteiger charge is 2.01. The van der Waals surface area contributed by atoms with Gasteiger partial charge in [-0.05, 0) is 24.3 Å². The average Bonchev–Trinajstić information content (AvgIpc) is 2.46. The minimum Gasteiger partial charge on any atom is -0.486 e. The van der Waals surface area contributed by atoms with Crippen LogP contribution in [0.5, 0.6) is 5.75 Å². The van der Waals surface area contributed by atoms with Gasteiger partial charge < -0.3 is 4.74 Å². The Hall–Kier alpha value is -2.00. The number of nitrogens with zero attached hydrogens (tertiary/aromatic N) is 1. The molecule has 19 heavy (non-hydrogen) atoms. The van der Waals surface area contributed by atoms with Gasteiger partial charge in [-0.3, -0.25) is 0 Å². The summed E-state index contributed by atoms with van der Waals surface area (Å²) in [5.41, 5.74) is 1.90. The van der Waals surface area contributed by atoms with Crippen LogP contribution < -0.4 is 4.74 Å². The molecule has 0 amide bonds. The zero-order valence-corrected chi connectivity index (χ0v) is 11.2. The Morgan fingerprint density at radius 2 is 1.68 bits per heavy atom. The van der Waals surface area contributed by atoms with Crippen molar-refractivity contribution in [3.8, 4) is 5.75 Å². The van der Waals surface area contributed by atoms with E-state index in [1.807, 2.05) is 48.5 Å². The third-order valence-electron chi connectivity index (χ3n) is 2.90. The summed E-state index contributed by atoms with van der Waals surface area (Å²) in [6.07, 6.45) is 0. The van der Waals surface area contributed by atoms with Gasteiger partial charge in [0.05, 0.1) is 11.2 Å².